The van der Waals surface area contributed by atoms with E-state index in [9.17, 15) is 0 Å². The summed E-state index contributed by atoms with van der Waals surface area (Å²) in [5, 5.41) is 10.2. The van der Waals surface area contributed by atoms with Gasteiger partial charge in [0.25, 0.3) is 0 Å². The molecule has 0 fully saturated rings. The zero-order valence-electron chi connectivity index (χ0n) is 97.1. The third-order valence-electron chi connectivity index (χ3n) is 27.4. The summed E-state index contributed by atoms with van der Waals surface area (Å²) in [5.41, 5.74) is 34.3. The maximum absolute atomic E-state index is 8.58. The van der Waals surface area contributed by atoms with Crippen molar-refractivity contribution in [3.63, 3.8) is 0 Å². The maximum Gasteiger partial charge on any atom is 0.227 e. The highest BCUT2D eigenvalue weighted by atomic mass is 16.4. The number of aryl methyl sites for hydroxylation is 13. The molecule has 0 unspecified atom stereocenters. The molecule has 0 spiro atoms. The van der Waals surface area contributed by atoms with Gasteiger partial charge in [-0.1, -0.05) is 173 Å². The van der Waals surface area contributed by atoms with Crippen LogP contribution in [0.1, 0.15) is 303 Å². The average Bonchev–Trinajstić information content (AvgIpc) is 1.57. The Labute approximate surface area is 820 Å². The molecular formula is C121H133N10O5+5. The molecule has 0 atom stereocenters. The summed E-state index contributed by atoms with van der Waals surface area (Å²) in [4.78, 5) is 23.5. The molecule has 22 rings (SSSR count). The van der Waals surface area contributed by atoms with Crippen molar-refractivity contribution in [3.05, 3.63) is 295 Å². The van der Waals surface area contributed by atoms with Gasteiger partial charge in [0, 0.05) is 171 Å². The van der Waals surface area contributed by atoms with Crippen molar-refractivity contribution < 1.29 is 64.1 Å². The summed E-state index contributed by atoms with van der Waals surface area (Å²) in [7, 11) is 5.84. The molecule has 0 bridgehead atoms. The minimum Gasteiger partial charge on any atom is -0.437 e. The molecule has 20 aromatic rings. The van der Waals surface area contributed by atoms with E-state index in [0.29, 0.717) is 81.9 Å². The fourth-order valence-electron chi connectivity index (χ4n) is 19.8. The lowest BCUT2D eigenvalue weighted by Crippen LogP contribution is -2.32. The van der Waals surface area contributed by atoms with Gasteiger partial charge < -0.3 is 22.1 Å². The molecule has 15 nitrogen and oxygen atoms in total. The van der Waals surface area contributed by atoms with Gasteiger partial charge >= 0.3 is 0 Å². The van der Waals surface area contributed by atoms with Crippen LogP contribution in [0.15, 0.2) is 205 Å². The highest BCUT2D eigenvalue weighted by Gasteiger charge is 2.36. The molecule has 0 saturated heterocycles. The minimum absolute atomic E-state index is 0.0873. The SMILES string of the molecule is Cc1c[n+](C)c(-c2c(C)ccc3c2oc2nc(C(C)C)ccc23)cc1C(C)C.[2H]C([2H])([2H])c1c[n+](C)c(-c2c(C)ccc3c2oc2nc(CC)ccc23)cc1C(C)C.[2H]C([2H])([2H])c1c[n+](C)c(-c2c(C)ccc3c2oc2nc(CC)ccc23)cc1C([2H])(C)C.[2H]C([2H])([2H])c1c[n+]2c(cc1C(C)C)-c1c(ccc3c1oc1nc(C(C)C)ccc13)C2.[2H]C([2H])([2H])c1c[n+]2c(cc1C([2H])(C)C)-c1c(ccc3c1oc1nc(C(C)C)ccc13)C2. The van der Waals surface area contributed by atoms with Gasteiger partial charge in [0.05, 0.1) is 27.8 Å². The first-order valence-corrected chi connectivity index (χ1v) is 47.8. The van der Waals surface area contributed by atoms with E-state index >= 15 is 0 Å². The van der Waals surface area contributed by atoms with E-state index in [0.717, 1.165) is 213 Å². The summed E-state index contributed by atoms with van der Waals surface area (Å²) in [6, 6.07) is 51.7. The molecule has 0 N–H and O–H groups in total. The van der Waals surface area contributed by atoms with E-state index in [1.54, 1.807) is 52.5 Å². The van der Waals surface area contributed by atoms with Crippen molar-refractivity contribution in [1.82, 2.24) is 24.9 Å². The molecule has 0 radical (unpaired) electrons. The fourth-order valence-corrected chi connectivity index (χ4v) is 19.8. The minimum atomic E-state index is -2.30. The summed E-state index contributed by atoms with van der Waals surface area (Å²) in [6.07, 6.45) is 10.8. The van der Waals surface area contributed by atoms with E-state index in [2.05, 4.69) is 209 Å². The van der Waals surface area contributed by atoms with Crippen molar-refractivity contribution >= 4 is 110 Å². The third-order valence-corrected chi connectivity index (χ3v) is 27.4. The van der Waals surface area contributed by atoms with Crippen LogP contribution in [0.5, 0.6) is 0 Å². The standard InChI is InChI=1S/C25H29N2O.2C24H25N2O.2C24H27N2O/c1-14(2)20-12-22(27(7)13-17(20)6)23-16(5)8-9-18-19-10-11-21(15(3)4)26-25(19)28-24(18)23;2*1-13(2)19-10-21-22-16(12-26(21)11-15(19)5)6-7-17-18-8-9-20(14(3)4)25-24(18)27-23(17)22;2*1-7-17-9-11-19-18-10-8-15(4)22(23(18)27-24(19)25-17)21-12-20(14(2)3)16(5)13-26(21)6/h8-15H,1-7H3;2*6-11,13-14H,12H2,1-5H3;2*8-14H,7H2,1-6H3/q5*+1/i;5D3,13D;5D3;5D3,14D;5D3. The lowest BCUT2D eigenvalue weighted by Gasteiger charge is -2.12. The van der Waals surface area contributed by atoms with Crippen molar-refractivity contribution in [2.75, 3.05) is 0 Å². The zero-order valence-corrected chi connectivity index (χ0v) is 83.1. The maximum atomic E-state index is 8.58. The Morgan fingerprint density at radius 1 is 0.279 bits per heavy atom. The molecule has 17 heterocycles. The monoisotopic (exact) mass is 1820 g/mol. The molecule has 0 saturated carbocycles. The van der Waals surface area contributed by atoms with Crippen LogP contribution in [0.25, 0.3) is 167 Å². The van der Waals surface area contributed by atoms with Gasteiger partial charge in [0.1, 0.15) is 21.1 Å². The van der Waals surface area contributed by atoms with Crippen LogP contribution in [0, 0.1) is 55.1 Å². The van der Waals surface area contributed by atoms with Crippen molar-refractivity contribution in [3.8, 4) is 56.3 Å². The number of furan rings is 5. The van der Waals surface area contributed by atoms with Gasteiger partial charge in [0.15, 0.2) is 72.0 Å². The Balaban J connectivity index is 0.000000122. The quantitative estimate of drug-likeness (QED) is 0.102. The first-order chi connectivity index (χ1) is 70.4. The van der Waals surface area contributed by atoms with Gasteiger partial charge in [-0.05, 0) is 233 Å². The van der Waals surface area contributed by atoms with E-state index < -0.39 is 39.2 Å². The predicted molar refractivity (Wildman–Crippen MR) is 556 cm³/mol. The Morgan fingerprint density at radius 3 is 0.853 bits per heavy atom. The summed E-state index contributed by atoms with van der Waals surface area (Å²) < 4.78 is 154. The molecule has 0 amide bonds. The van der Waals surface area contributed by atoms with E-state index in [-0.39, 0.29) is 23.0 Å². The molecule has 2 aliphatic heterocycles. The molecule has 2 aliphatic rings. The second kappa shape index (κ2) is 36.7. The Kier molecular flexibility index (Phi) is 20.7. The number of hydrogen-bond acceptors (Lipinski definition) is 10. The number of benzene rings is 5. The van der Waals surface area contributed by atoms with Crippen LogP contribution in [0.2, 0.25) is 0 Å². The van der Waals surface area contributed by atoms with Crippen LogP contribution < -0.4 is 22.8 Å². The lowest BCUT2D eigenvalue weighted by atomic mass is 9.94. The topological polar surface area (TPSA) is 150 Å². The number of hydrogen-bond donors (Lipinski definition) is 0. The molecule has 0 aliphatic carbocycles. The fraction of sp³-hybridized carbons (Fsp3) is 0.339. The Hall–Kier alpha value is -13.4. The Morgan fingerprint density at radius 2 is 0.537 bits per heavy atom. The molecule has 136 heavy (non-hydrogen) atoms. The van der Waals surface area contributed by atoms with Gasteiger partial charge in [-0.2, -0.15) is 9.13 Å². The summed E-state index contributed by atoms with van der Waals surface area (Å²) in [6.45, 7) is 37.2. The number of nitrogens with zero attached hydrogens (tertiary/aromatic N) is 10. The van der Waals surface area contributed by atoms with Crippen LogP contribution in [0.3, 0.4) is 0 Å². The number of fused-ring (bicyclic) bond motifs is 23. The van der Waals surface area contributed by atoms with E-state index in [4.69, 9.17) is 56.2 Å². The van der Waals surface area contributed by atoms with Gasteiger partial charge in [0.2, 0.25) is 57.0 Å². The van der Waals surface area contributed by atoms with Crippen molar-refractivity contribution in [2.24, 2.45) is 21.1 Å². The summed E-state index contributed by atoms with van der Waals surface area (Å²) >= 11 is 0. The molecule has 15 aromatic heterocycles. The number of aromatic nitrogens is 10. The van der Waals surface area contributed by atoms with Crippen LogP contribution in [-0.2, 0) is 47.1 Å². The highest BCUT2D eigenvalue weighted by Crippen LogP contribution is 2.46. The predicted octanol–water partition coefficient (Wildman–Crippen LogP) is 29.6. The van der Waals surface area contributed by atoms with E-state index in [1.165, 1.54) is 22.4 Å². The van der Waals surface area contributed by atoms with E-state index in [1.807, 2.05) is 128 Å². The van der Waals surface area contributed by atoms with Crippen molar-refractivity contribution in [1.29, 1.82) is 0 Å². The zero-order chi connectivity index (χ0) is 108. The van der Waals surface area contributed by atoms with Crippen LogP contribution >= 0.6 is 0 Å². The first kappa shape index (κ1) is 76.8. The molecule has 15 heteroatoms. The molecule has 692 valence electrons. The van der Waals surface area contributed by atoms with Crippen LogP contribution in [0.4, 0.5) is 0 Å². The number of rotatable bonds is 13. The van der Waals surface area contributed by atoms with Gasteiger partial charge in [-0.3, -0.25) is 0 Å². The second-order valence-corrected chi connectivity index (χ2v) is 39.5. The first-order valence-electron chi connectivity index (χ1n) is 54.8. The van der Waals surface area contributed by atoms with Crippen molar-refractivity contribution in [2.45, 2.75) is 253 Å². The second-order valence-electron chi connectivity index (χ2n) is 39.5. The van der Waals surface area contributed by atoms with Gasteiger partial charge in [-0.25, -0.2) is 38.6 Å². The van der Waals surface area contributed by atoms with Crippen LogP contribution in [-0.4, -0.2) is 24.9 Å². The summed E-state index contributed by atoms with van der Waals surface area (Å²) in [5.74, 6) is -0.425. The molecule has 5 aromatic carbocycles. The largest absolute Gasteiger partial charge is 0.437 e. The molecular weight excluding hydrogens is 1670 g/mol. The Bertz CT molecular complexity index is 8810. The average molecular weight is 1820 g/mol. The normalized spacial score (nSPS) is 14.4. The number of pyridine rings is 10. The van der Waals surface area contributed by atoms with Gasteiger partial charge in [-0.15, -0.1) is 0 Å². The lowest BCUT2D eigenvalue weighted by molar-refractivity contribution is -0.672. The highest BCUT2D eigenvalue weighted by molar-refractivity contribution is 6.13. The third kappa shape index (κ3) is 16.8. The smallest absolute Gasteiger partial charge is 0.227 e.